The summed E-state index contributed by atoms with van der Waals surface area (Å²) in [5, 5.41) is 0. The van der Waals surface area contributed by atoms with Crippen molar-refractivity contribution >= 4 is 0 Å². The highest BCUT2D eigenvalue weighted by Gasteiger charge is 2.31. The van der Waals surface area contributed by atoms with E-state index in [1.165, 1.54) is 18.4 Å². The molecule has 0 aromatic heterocycles. The highest BCUT2D eigenvalue weighted by atomic mass is 19.1. The van der Waals surface area contributed by atoms with Crippen LogP contribution in [0.3, 0.4) is 0 Å². The lowest BCUT2D eigenvalue weighted by Gasteiger charge is -2.37. The first kappa shape index (κ1) is 12.9. The fourth-order valence-electron chi connectivity index (χ4n) is 3.69. The molecule has 0 N–H and O–H groups in total. The lowest BCUT2D eigenvalue weighted by molar-refractivity contribution is 0.267. The van der Waals surface area contributed by atoms with Crippen molar-refractivity contribution in [3.63, 3.8) is 0 Å². The van der Waals surface area contributed by atoms with Crippen LogP contribution in [0.1, 0.15) is 52.9 Å². The van der Waals surface area contributed by atoms with Crippen LogP contribution in [0.2, 0.25) is 0 Å². The predicted molar refractivity (Wildman–Crippen MR) is 71.6 cm³/mol. The molecule has 0 saturated carbocycles. The second kappa shape index (κ2) is 5.37. The summed E-state index contributed by atoms with van der Waals surface area (Å²) in [6.45, 7) is 6.95. The lowest BCUT2D eigenvalue weighted by atomic mass is 9.68. The Kier molecular flexibility index (Phi) is 4.06. The molecule has 0 amide bonds. The maximum absolute atomic E-state index is 13.2. The van der Waals surface area contributed by atoms with Crippen molar-refractivity contribution in [1.29, 1.82) is 0 Å². The first-order valence-electron chi connectivity index (χ1n) is 7.14. The maximum atomic E-state index is 13.2. The first-order valence-corrected chi connectivity index (χ1v) is 7.14. The highest BCUT2D eigenvalue weighted by molar-refractivity contribution is 5.21. The molecule has 4 atom stereocenters. The Bertz CT molecular complexity index is 326. The molecule has 2 rings (SSSR count). The summed E-state index contributed by atoms with van der Waals surface area (Å²) < 4.78 is 13.2. The third kappa shape index (κ3) is 2.81. The number of hydrogen-bond acceptors (Lipinski definition) is 0. The molecule has 0 saturated heterocycles. The molecule has 2 aliphatic carbocycles. The van der Waals surface area contributed by atoms with E-state index in [9.17, 15) is 4.39 Å². The van der Waals surface area contributed by atoms with Crippen LogP contribution >= 0.6 is 0 Å². The van der Waals surface area contributed by atoms with Gasteiger partial charge in [-0.3, -0.25) is 0 Å². The van der Waals surface area contributed by atoms with Crippen LogP contribution in [-0.2, 0) is 0 Å². The van der Waals surface area contributed by atoms with Gasteiger partial charge < -0.3 is 0 Å². The third-order valence-corrected chi connectivity index (χ3v) is 4.53. The van der Waals surface area contributed by atoms with Crippen LogP contribution in [0.5, 0.6) is 0 Å². The molecule has 0 bridgehead atoms. The molecule has 2 aliphatic rings. The molecule has 0 radical (unpaired) electrons. The second-order valence-electron chi connectivity index (χ2n) is 5.90. The molecular formula is C16H25F. The minimum absolute atomic E-state index is 0.588. The number of allylic oxidation sites excluding steroid dienone is 4. The molecule has 1 unspecified atom stereocenters. The smallest absolute Gasteiger partial charge is 0.104 e. The molecule has 0 aromatic rings. The van der Waals surface area contributed by atoms with Crippen molar-refractivity contribution < 1.29 is 4.39 Å². The normalized spacial score (nSPS) is 38.6. The average Bonchev–Trinajstić information content (AvgIpc) is 2.30. The van der Waals surface area contributed by atoms with Gasteiger partial charge in [0.1, 0.15) is 6.17 Å². The Morgan fingerprint density at radius 1 is 1.35 bits per heavy atom. The fourth-order valence-corrected chi connectivity index (χ4v) is 3.69. The van der Waals surface area contributed by atoms with Crippen LogP contribution < -0.4 is 0 Å². The summed E-state index contributed by atoms with van der Waals surface area (Å²) in [4.78, 5) is 0. The lowest BCUT2D eigenvalue weighted by Crippen LogP contribution is -2.27. The SMILES string of the molecule is CCC1=CC(C)[C@H](C2=CC[C@H](F)CC2)[C@H](C)C1. The van der Waals surface area contributed by atoms with Gasteiger partial charge in [0.2, 0.25) is 0 Å². The van der Waals surface area contributed by atoms with Gasteiger partial charge in [-0.25, -0.2) is 4.39 Å². The monoisotopic (exact) mass is 236 g/mol. The van der Waals surface area contributed by atoms with Crippen molar-refractivity contribution in [2.24, 2.45) is 17.8 Å². The van der Waals surface area contributed by atoms with E-state index in [-0.39, 0.29) is 0 Å². The van der Waals surface area contributed by atoms with Crippen molar-refractivity contribution in [2.45, 2.75) is 59.0 Å². The van der Waals surface area contributed by atoms with Crippen molar-refractivity contribution in [3.8, 4) is 0 Å². The van der Waals surface area contributed by atoms with E-state index >= 15 is 0 Å². The van der Waals surface area contributed by atoms with Crippen molar-refractivity contribution in [3.05, 3.63) is 23.3 Å². The van der Waals surface area contributed by atoms with E-state index in [0.717, 1.165) is 18.8 Å². The maximum Gasteiger partial charge on any atom is 0.104 e. The fraction of sp³-hybridized carbons (Fsp3) is 0.750. The van der Waals surface area contributed by atoms with E-state index in [2.05, 4.69) is 32.9 Å². The zero-order valence-electron chi connectivity index (χ0n) is 11.4. The highest BCUT2D eigenvalue weighted by Crippen LogP contribution is 2.42. The Balaban J connectivity index is 2.13. The third-order valence-electron chi connectivity index (χ3n) is 4.53. The van der Waals surface area contributed by atoms with E-state index in [0.29, 0.717) is 18.3 Å². The first-order chi connectivity index (χ1) is 8.11. The summed E-state index contributed by atoms with van der Waals surface area (Å²) in [5.41, 5.74) is 3.14. The van der Waals surface area contributed by atoms with E-state index in [4.69, 9.17) is 0 Å². The molecule has 0 fully saturated rings. The summed E-state index contributed by atoms with van der Waals surface area (Å²) in [5.74, 6) is 2.03. The molecule has 0 nitrogen and oxygen atoms in total. The molecule has 0 aliphatic heterocycles. The molecule has 0 aromatic carbocycles. The number of halogens is 1. The van der Waals surface area contributed by atoms with Gasteiger partial charge in [-0.1, -0.05) is 44.1 Å². The molecule has 96 valence electrons. The van der Waals surface area contributed by atoms with Crippen LogP contribution in [0.15, 0.2) is 23.3 Å². The molecule has 0 spiro atoms. The van der Waals surface area contributed by atoms with Crippen LogP contribution in [0, 0.1) is 17.8 Å². The molecule has 1 heteroatoms. The quantitative estimate of drug-likeness (QED) is 0.588. The molecule has 0 heterocycles. The van der Waals surface area contributed by atoms with Gasteiger partial charge in [-0.05, 0) is 49.9 Å². The Morgan fingerprint density at radius 2 is 2.12 bits per heavy atom. The van der Waals surface area contributed by atoms with E-state index in [1.807, 2.05) is 0 Å². The number of alkyl halides is 1. The van der Waals surface area contributed by atoms with Gasteiger partial charge in [0.15, 0.2) is 0 Å². The van der Waals surface area contributed by atoms with Crippen molar-refractivity contribution in [1.82, 2.24) is 0 Å². The Morgan fingerprint density at radius 3 is 2.65 bits per heavy atom. The minimum atomic E-state index is -0.588. The van der Waals surface area contributed by atoms with Crippen LogP contribution in [-0.4, -0.2) is 6.17 Å². The van der Waals surface area contributed by atoms with E-state index in [1.54, 1.807) is 5.57 Å². The number of hydrogen-bond donors (Lipinski definition) is 0. The minimum Gasteiger partial charge on any atom is -0.247 e. The Hall–Kier alpha value is -0.590. The summed E-state index contributed by atoms with van der Waals surface area (Å²) in [6.07, 6.45) is 8.87. The van der Waals surface area contributed by atoms with Gasteiger partial charge in [-0.2, -0.15) is 0 Å². The standard InChI is InChI=1S/C16H25F/c1-4-13-9-11(2)16(12(3)10-13)14-5-7-15(17)8-6-14/h5,9,11-12,15-16H,4,6-8,10H2,1-3H3/t11?,12-,15+,16+/m1/s1. The molecule has 17 heavy (non-hydrogen) atoms. The van der Waals surface area contributed by atoms with Gasteiger partial charge in [-0.15, -0.1) is 0 Å². The molecular weight excluding hydrogens is 211 g/mol. The van der Waals surface area contributed by atoms with Crippen LogP contribution in [0.4, 0.5) is 4.39 Å². The second-order valence-corrected chi connectivity index (χ2v) is 5.90. The zero-order valence-corrected chi connectivity index (χ0v) is 11.4. The largest absolute Gasteiger partial charge is 0.247 e. The van der Waals surface area contributed by atoms with Gasteiger partial charge >= 0.3 is 0 Å². The van der Waals surface area contributed by atoms with E-state index < -0.39 is 6.17 Å². The predicted octanol–water partition coefficient (Wildman–Crippen LogP) is 5.06. The topological polar surface area (TPSA) is 0 Å². The average molecular weight is 236 g/mol. The van der Waals surface area contributed by atoms with Crippen molar-refractivity contribution in [2.75, 3.05) is 0 Å². The van der Waals surface area contributed by atoms with Crippen LogP contribution in [0.25, 0.3) is 0 Å². The summed E-state index contributed by atoms with van der Waals surface area (Å²) in [7, 11) is 0. The van der Waals surface area contributed by atoms with Gasteiger partial charge in [0.05, 0.1) is 0 Å². The summed E-state index contributed by atoms with van der Waals surface area (Å²) in [6, 6.07) is 0. The zero-order chi connectivity index (χ0) is 12.4. The summed E-state index contributed by atoms with van der Waals surface area (Å²) >= 11 is 0. The van der Waals surface area contributed by atoms with Gasteiger partial charge in [0, 0.05) is 0 Å². The Labute approximate surface area is 105 Å². The van der Waals surface area contributed by atoms with Gasteiger partial charge in [0.25, 0.3) is 0 Å². The number of rotatable bonds is 2.